The third kappa shape index (κ3) is 1.91. The van der Waals surface area contributed by atoms with Crippen LogP contribution in [0.1, 0.15) is 19.8 Å². The smallest absolute Gasteiger partial charge is 0.329 e. The summed E-state index contributed by atoms with van der Waals surface area (Å²) in [5.41, 5.74) is -0.943. The van der Waals surface area contributed by atoms with Crippen molar-refractivity contribution in [2.45, 2.75) is 25.3 Å². The number of hydrogen-bond acceptors (Lipinski definition) is 4. The normalized spacial score (nSPS) is 19.3. The van der Waals surface area contributed by atoms with E-state index in [-0.39, 0.29) is 5.92 Å². The molecule has 15 heavy (non-hydrogen) atoms. The van der Waals surface area contributed by atoms with Crippen LogP contribution in [0.25, 0.3) is 0 Å². The SMILES string of the molecule is CC(Nc1ncccn1)(C(=O)O)C1CC1. The topological polar surface area (TPSA) is 75.1 Å². The Morgan fingerprint density at radius 3 is 2.60 bits per heavy atom. The number of aliphatic carboxylic acids is 1. The zero-order chi connectivity index (χ0) is 10.9. The summed E-state index contributed by atoms with van der Waals surface area (Å²) >= 11 is 0. The summed E-state index contributed by atoms with van der Waals surface area (Å²) in [6.07, 6.45) is 5.07. The lowest BCUT2D eigenvalue weighted by Crippen LogP contribution is -2.46. The fraction of sp³-hybridized carbons (Fsp3) is 0.500. The number of rotatable bonds is 4. The molecule has 1 atom stereocenters. The molecule has 1 aliphatic rings. The molecule has 1 aliphatic carbocycles. The second-order valence-corrected chi connectivity index (χ2v) is 3.98. The van der Waals surface area contributed by atoms with Gasteiger partial charge in [0.05, 0.1) is 0 Å². The van der Waals surface area contributed by atoms with Crippen LogP contribution in [0.2, 0.25) is 0 Å². The summed E-state index contributed by atoms with van der Waals surface area (Å²) in [5, 5.41) is 12.1. The summed E-state index contributed by atoms with van der Waals surface area (Å²) in [6, 6.07) is 1.69. The number of anilines is 1. The molecule has 5 nitrogen and oxygen atoms in total. The van der Waals surface area contributed by atoms with Gasteiger partial charge in [-0.15, -0.1) is 0 Å². The van der Waals surface area contributed by atoms with Crippen molar-refractivity contribution in [3.63, 3.8) is 0 Å². The fourth-order valence-electron chi connectivity index (χ4n) is 1.59. The van der Waals surface area contributed by atoms with E-state index < -0.39 is 11.5 Å². The minimum atomic E-state index is -0.943. The monoisotopic (exact) mass is 207 g/mol. The molecule has 1 saturated carbocycles. The first-order valence-electron chi connectivity index (χ1n) is 4.91. The van der Waals surface area contributed by atoms with Crippen LogP contribution >= 0.6 is 0 Å². The predicted molar refractivity (Wildman–Crippen MR) is 54.4 cm³/mol. The van der Waals surface area contributed by atoms with E-state index in [1.807, 2.05) is 0 Å². The van der Waals surface area contributed by atoms with Crippen LogP contribution in [0.3, 0.4) is 0 Å². The Labute approximate surface area is 87.6 Å². The largest absolute Gasteiger partial charge is 0.480 e. The maximum absolute atomic E-state index is 11.2. The van der Waals surface area contributed by atoms with Crippen molar-refractivity contribution in [3.05, 3.63) is 18.5 Å². The second kappa shape index (κ2) is 3.49. The van der Waals surface area contributed by atoms with Crippen molar-refractivity contribution in [1.29, 1.82) is 0 Å². The van der Waals surface area contributed by atoms with Crippen molar-refractivity contribution in [3.8, 4) is 0 Å². The summed E-state index contributed by atoms with van der Waals surface area (Å²) in [4.78, 5) is 19.1. The maximum Gasteiger partial charge on any atom is 0.329 e. The molecule has 1 aromatic rings. The molecule has 1 unspecified atom stereocenters. The average molecular weight is 207 g/mol. The molecule has 2 rings (SSSR count). The first-order valence-corrected chi connectivity index (χ1v) is 4.91. The zero-order valence-corrected chi connectivity index (χ0v) is 8.47. The Hall–Kier alpha value is -1.65. The number of hydrogen-bond donors (Lipinski definition) is 2. The van der Waals surface area contributed by atoms with Gasteiger partial charge in [0, 0.05) is 12.4 Å². The molecular weight excluding hydrogens is 194 g/mol. The highest BCUT2D eigenvalue weighted by Gasteiger charge is 2.48. The van der Waals surface area contributed by atoms with E-state index in [1.54, 1.807) is 25.4 Å². The predicted octanol–water partition coefficient (Wildman–Crippen LogP) is 1.14. The van der Waals surface area contributed by atoms with Crippen LogP contribution in [-0.4, -0.2) is 26.6 Å². The van der Waals surface area contributed by atoms with E-state index in [2.05, 4.69) is 15.3 Å². The van der Waals surface area contributed by atoms with E-state index in [9.17, 15) is 9.90 Å². The van der Waals surface area contributed by atoms with Crippen LogP contribution in [0, 0.1) is 5.92 Å². The zero-order valence-electron chi connectivity index (χ0n) is 8.47. The molecule has 1 aromatic heterocycles. The first-order chi connectivity index (χ1) is 7.13. The maximum atomic E-state index is 11.2. The third-order valence-corrected chi connectivity index (χ3v) is 2.78. The minimum absolute atomic E-state index is 0.179. The Kier molecular flexibility index (Phi) is 2.30. The van der Waals surface area contributed by atoms with E-state index in [4.69, 9.17) is 0 Å². The first kappa shape index (κ1) is 9.89. The lowest BCUT2D eigenvalue weighted by atomic mass is 9.96. The standard InChI is InChI=1S/C10H13N3O2/c1-10(8(14)15,7-3-4-7)13-9-11-5-2-6-12-9/h2,5-7H,3-4H2,1H3,(H,14,15)(H,11,12,13). The van der Waals surface area contributed by atoms with Gasteiger partial charge in [-0.2, -0.15) is 0 Å². The molecule has 5 heteroatoms. The van der Waals surface area contributed by atoms with Crippen molar-refractivity contribution < 1.29 is 9.90 Å². The molecule has 0 aliphatic heterocycles. The van der Waals surface area contributed by atoms with Crippen molar-refractivity contribution in [2.24, 2.45) is 5.92 Å². The molecule has 1 heterocycles. The third-order valence-electron chi connectivity index (χ3n) is 2.78. The van der Waals surface area contributed by atoms with Crippen LogP contribution < -0.4 is 5.32 Å². The Morgan fingerprint density at radius 1 is 1.53 bits per heavy atom. The molecule has 2 N–H and O–H groups in total. The minimum Gasteiger partial charge on any atom is -0.480 e. The molecule has 80 valence electrons. The second-order valence-electron chi connectivity index (χ2n) is 3.98. The molecule has 1 fully saturated rings. The Bertz CT molecular complexity index is 364. The van der Waals surface area contributed by atoms with E-state index in [0.29, 0.717) is 5.95 Å². The summed E-state index contributed by atoms with van der Waals surface area (Å²) in [6.45, 7) is 1.68. The van der Waals surface area contributed by atoms with Crippen LogP contribution in [-0.2, 0) is 4.79 Å². The van der Waals surface area contributed by atoms with E-state index in [1.165, 1.54) is 0 Å². The van der Waals surface area contributed by atoms with Crippen LogP contribution in [0.5, 0.6) is 0 Å². The van der Waals surface area contributed by atoms with Crippen molar-refractivity contribution in [2.75, 3.05) is 5.32 Å². The number of nitrogens with one attached hydrogen (secondary N) is 1. The number of nitrogens with zero attached hydrogens (tertiary/aromatic N) is 2. The van der Waals surface area contributed by atoms with Gasteiger partial charge in [-0.1, -0.05) is 0 Å². The van der Waals surface area contributed by atoms with Gasteiger partial charge < -0.3 is 10.4 Å². The van der Waals surface area contributed by atoms with Gasteiger partial charge in [0.2, 0.25) is 5.95 Å². The molecule has 0 amide bonds. The molecule has 0 aromatic carbocycles. The molecule has 0 bridgehead atoms. The summed E-state index contributed by atoms with van der Waals surface area (Å²) in [5.74, 6) is -0.300. The number of carbonyl (C=O) groups is 1. The number of carboxylic acid groups (broad SMARTS) is 1. The Morgan fingerprint density at radius 2 is 2.13 bits per heavy atom. The van der Waals surface area contributed by atoms with E-state index >= 15 is 0 Å². The van der Waals surface area contributed by atoms with E-state index in [0.717, 1.165) is 12.8 Å². The van der Waals surface area contributed by atoms with Gasteiger partial charge in [-0.25, -0.2) is 14.8 Å². The summed E-state index contributed by atoms with van der Waals surface area (Å²) in [7, 11) is 0. The molecular formula is C10H13N3O2. The quantitative estimate of drug-likeness (QED) is 0.774. The number of aromatic nitrogens is 2. The van der Waals surface area contributed by atoms with Gasteiger partial charge in [0.1, 0.15) is 5.54 Å². The lowest BCUT2D eigenvalue weighted by molar-refractivity contribution is -0.142. The lowest BCUT2D eigenvalue weighted by Gasteiger charge is -2.25. The summed E-state index contributed by atoms with van der Waals surface area (Å²) < 4.78 is 0. The number of carboxylic acids is 1. The van der Waals surface area contributed by atoms with Crippen molar-refractivity contribution >= 4 is 11.9 Å². The van der Waals surface area contributed by atoms with Crippen LogP contribution in [0.4, 0.5) is 5.95 Å². The fourth-order valence-corrected chi connectivity index (χ4v) is 1.59. The highest BCUT2D eigenvalue weighted by atomic mass is 16.4. The van der Waals surface area contributed by atoms with Crippen LogP contribution in [0.15, 0.2) is 18.5 Å². The molecule has 0 radical (unpaired) electrons. The van der Waals surface area contributed by atoms with Gasteiger partial charge in [-0.3, -0.25) is 0 Å². The average Bonchev–Trinajstić information content (AvgIpc) is 3.02. The van der Waals surface area contributed by atoms with Gasteiger partial charge >= 0.3 is 5.97 Å². The van der Waals surface area contributed by atoms with Gasteiger partial charge in [0.25, 0.3) is 0 Å². The van der Waals surface area contributed by atoms with Gasteiger partial charge in [0.15, 0.2) is 0 Å². The highest BCUT2D eigenvalue weighted by Crippen LogP contribution is 2.41. The molecule has 0 saturated heterocycles. The van der Waals surface area contributed by atoms with Gasteiger partial charge in [-0.05, 0) is 31.7 Å². The Balaban J connectivity index is 2.17. The van der Waals surface area contributed by atoms with Crippen molar-refractivity contribution in [1.82, 2.24) is 9.97 Å². The highest BCUT2D eigenvalue weighted by molar-refractivity contribution is 5.82. The molecule has 0 spiro atoms.